The van der Waals surface area contributed by atoms with Gasteiger partial charge in [-0.1, -0.05) is 25.0 Å². The van der Waals surface area contributed by atoms with Gasteiger partial charge in [-0.2, -0.15) is 0 Å². The maximum absolute atomic E-state index is 12.8. The molecule has 1 N–H and O–H groups in total. The fourth-order valence-corrected chi connectivity index (χ4v) is 3.50. The summed E-state index contributed by atoms with van der Waals surface area (Å²) < 4.78 is 0. The summed E-state index contributed by atoms with van der Waals surface area (Å²) in [5.41, 5.74) is -0.573. The highest BCUT2D eigenvalue weighted by molar-refractivity contribution is 5.94. The maximum atomic E-state index is 12.8. The Morgan fingerprint density at radius 2 is 1.83 bits per heavy atom. The largest absolute Gasteiger partial charge is 0.342 e. The van der Waals surface area contributed by atoms with Crippen molar-refractivity contribution in [3.8, 4) is 0 Å². The predicted molar refractivity (Wildman–Crippen MR) is 67.8 cm³/mol. The van der Waals surface area contributed by atoms with Crippen LogP contribution >= 0.6 is 0 Å². The highest BCUT2D eigenvalue weighted by Crippen LogP contribution is 2.34. The van der Waals surface area contributed by atoms with E-state index in [0.717, 1.165) is 38.5 Å². The summed E-state index contributed by atoms with van der Waals surface area (Å²) >= 11 is 0. The first-order valence-corrected chi connectivity index (χ1v) is 6.98. The number of amides is 2. The molecule has 1 spiro atoms. The molecule has 0 bridgehead atoms. The predicted octanol–water partition coefficient (Wildman–Crippen LogP) is 1.37. The van der Waals surface area contributed by atoms with E-state index in [1.165, 1.54) is 0 Å². The van der Waals surface area contributed by atoms with E-state index < -0.39 is 5.54 Å². The highest BCUT2D eigenvalue weighted by Gasteiger charge is 2.47. The van der Waals surface area contributed by atoms with Gasteiger partial charge in [0, 0.05) is 19.0 Å². The molecule has 2 aliphatic carbocycles. The first-order chi connectivity index (χ1) is 8.71. The zero-order valence-electron chi connectivity index (χ0n) is 10.7. The van der Waals surface area contributed by atoms with Gasteiger partial charge in [0.15, 0.2) is 0 Å². The summed E-state index contributed by atoms with van der Waals surface area (Å²) in [6, 6.07) is 0.280. The van der Waals surface area contributed by atoms with Crippen molar-refractivity contribution >= 4 is 11.8 Å². The Hall–Kier alpha value is -1.32. The Balaban J connectivity index is 1.86. The average molecular weight is 248 g/mol. The van der Waals surface area contributed by atoms with Crippen molar-refractivity contribution in [2.24, 2.45) is 0 Å². The molecular weight excluding hydrogens is 228 g/mol. The van der Waals surface area contributed by atoms with E-state index in [9.17, 15) is 9.59 Å². The van der Waals surface area contributed by atoms with Crippen molar-refractivity contribution in [1.29, 1.82) is 0 Å². The number of hydrogen-bond donors (Lipinski definition) is 1. The van der Waals surface area contributed by atoms with Gasteiger partial charge in [-0.3, -0.25) is 9.59 Å². The van der Waals surface area contributed by atoms with E-state index in [1.54, 1.807) is 0 Å². The van der Waals surface area contributed by atoms with Crippen LogP contribution in [-0.4, -0.2) is 34.8 Å². The van der Waals surface area contributed by atoms with Gasteiger partial charge in [-0.05, 0) is 25.7 Å². The Kier molecular flexibility index (Phi) is 2.88. The molecule has 3 rings (SSSR count). The second-order valence-corrected chi connectivity index (χ2v) is 5.68. The fourth-order valence-electron chi connectivity index (χ4n) is 3.50. The topological polar surface area (TPSA) is 49.4 Å². The van der Waals surface area contributed by atoms with Crippen molar-refractivity contribution in [1.82, 2.24) is 10.2 Å². The summed E-state index contributed by atoms with van der Waals surface area (Å²) in [7, 11) is 0. The second kappa shape index (κ2) is 4.41. The van der Waals surface area contributed by atoms with E-state index >= 15 is 0 Å². The minimum Gasteiger partial charge on any atom is -0.342 e. The first-order valence-electron chi connectivity index (χ1n) is 6.98. The second-order valence-electron chi connectivity index (χ2n) is 5.68. The summed E-state index contributed by atoms with van der Waals surface area (Å²) in [6.07, 6.45) is 10.3. The summed E-state index contributed by atoms with van der Waals surface area (Å²) in [6.45, 7) is 0.582. The molecule has 0 aromatic heterocycles. The molecule has 4 heteroatoms. The van der Waals surface area contributed by atoms with Gasteiger partial charge in [0.05, 0.1) is 0 Å². The molecule has 1 saturated carbocycles. The smallest absolute Gasteiger partial charge is 0.248 e. The van der Waals surface area contributed by atoms with E-state index in [1.807, 2.05) is 4.90 Å². The van der Waals surface area contributed by atoms with Crippen molar-refractivity contribution < 1.29 is 9.59 Å². The summed E-state index contributed by atoms with van der Waals surface area (Å²) in [4.78, 5) is 26.6. The van der Waals surface area contributed by atoms with Gasteiger partial charge in [-0.15, -0.1) is 0 Å². The lowest BCUT2D eigenvalue weighted by atomic mass is 9.95. The van der Waals surface area contributed by atoms with E-state index in [2.05, 4.69) is 17.5 Å². The van der Waals surface area contributed by atoms with Crippen molar-refractivity contribution in [3.05, 3.63) is 12.2 Å². The molecule has 0 unspecified atom stereocenters. The van der Waals surface area contributed by atoms with Crippen LogP contribution in [0.15, 0.2) is 12.2 Å². The molecule has 3 aliphatic rings. The van der Waals surface area contributed by atoms with Crippen LogP contribution in [0.1, 0.15) is 44.9 Å². The third kappa shape index (κ3) is 1.84. The van der Waals surface area contributed by atoms with Crippen LogP contribution in [-0.2, 0) is 9.59 Å². The molecule has 0 aromatic rings. The van der Waals surface area contributed by atoms with Crippen molar-refractivity contribution in [2.45, 2.75) is 56.5 Å². The molecule has 1 aliphatic heterocycles. The van der Waals surface area contributed by atoms with Gasteiger partial charge in [0.25, 0.3) is 0 Å². The lowest BCUT2D eigenvalue weighted by Gasteiger charge is -2.35. The number of nitrogens with one attached hydrogen (secondary N) is 1. The van der Waals surface area contributed by atoms with Crippen LogP contribution in [0.2, 0.25) is 0 Å². The molecule has 2 fully saturated rings. The Morgan fingerprint density at radius 1 is 1.17 bits per heavy atom. The van der Waals surface area contributed by atoms with Gasteiger partial charge in [0.1, 0.15) is 5.54 Å². The zero-order valence-corrected chi connectivity index (χ0v) is 10.7. The minimum atomic E-state index is -0.573. The monoisotopic (exact) mass is 248 g/mol. The number of hydrogen-bond acceptors (Lipinski definition) is 2. The third-order valence-electron chi connectivity index (χ3n) is 4.51. The molecule has 4 nitrogen and oxygen atoms in total. The minimum absolute atomic E-state index is 0.0405. The van der Waals surface area contributed by atoms with Crippen LogP contribution in [0.3, 0.4) is 0 Å². The molecule has 0 atom stereocenters. The van der Waals surface area contributed by atoms with Crippen molar-refractivity contribution in [2.75, 3.05) is 6.54 Å². The van der Waals surface area contributed by atoms with Crippen LogP contribution in [0.25, 0.3) is 0 Å². The van der Waals surface area contributed by atoms with E-state index in [-0.39, 0.29) is 17.9 Å². The normalized spacial score (nSPS) is 27.9. The molecule has 1 heterocycles. The summed E-state index contributed by atoms with van der Waals surface area (Å²) in [5.74, 6) is 0.207. The third-order valence-corrected chi connectivity index (χ3v) is 4.51. The number of rotatable bonds is 1. The van der Waals surface area contributed by atoms with Gasteiger partial charge >= 0.3 is 0 Å². The van der Waals surface area contributed by atoms with E-state index in [0.29, 0.717) is 13.0 Å². The Bertz CT molecular complexity index is 389. The standard InChI is InChI=1S/C14H20N2O2/c17-12-7-10-16(11-5-1-2-6-11)13(18)14(15-12)8-3-4-9-14/h1-2,11H,3-10H2,(H,15,17). The van der Waals surface area contributed by atoms with Crippen LogP contribution < -0.4 is 5.32 Å². The fraction of sp³-hybridized carbons (Fsp3) is 0.714. The average Bonchev–Trinajstić information content (AvgIpc) is 2.98. The van der Waals surface area contributed by atoms with Crippen LogP contribution in [0, 0.1) is 0 Å². The van der Waals surface area contributed by atoms with Crippen LogP contribution in [0.5, 0.6) is 0 Å². The van der Waals surface area contributed by atoms with Gasteiger partial charge < -0.3 is 10.2 Å². The highest BCUT2D eigenvalue weighted by atomic mass is 16.2. The number of carbonyl (C=O) groups is 2. The van der Waals surface area contributed by atoms with Gasteiger partial charge in [0.2, 0.25) is 11.8 Å². The molecule has 98 valence electrons. The number of carbonyl (C=O) groups excluding carboxylic acids is 2. The van der Waals surface area contributed by atoms with Crippen LogP contribution in [0.4, 0.5) is 0 Å². The number of nitrogens with zero attached hydrogens (tertiary/aromatic N) is 1. The summed E-state index contributed by atoms with van der Waals surface area (Å²) in [5, 5.41) is 3.01. The lowest BCUT2D eigenvalue weighted by molar-refractivity contribution is -0.140. The maximum Gasteiger partial charge on any atom is 0.248 e. The molecule has 0 aromatic carbocycles. The SMILES string of the molecule is O=C1CCN(C2CC=CC2)C(=O)C2(CCCC2)N1. The van der Waals surface area contributed by atoms with Crippen molar-refractivity contribution in [3.63, 3.8) is 0 Å². The van der Waals surface area contributed by atoms with E-state index in [4.69, 9.17) is 0 Å². The molecule has 18 heavy (non-hydrogen) atoms. The first kappa shape index (κ1) is 11.8. The Labute approximate surface area is 107 Å². The zero-order chi connectivity index (χ0) is 12.6. The molecule has 0 radical (unpaired) electrons. The Morgan fingerprint density at radius 3 is 2.50 bits per heavy atom. The molecule has 2 amide bonds. The quantitative estimate of drug-likeness (QED) is 0.712. The molecule has 1 saturated heterocycles. The van der Waals surface area contributed by atoms with Gasteiger partial charge in [-0.25, -0.2) is 0 Å². The lowest BCUT2D eigenvalue weighted by Crippen LogP contribution is -2.57. The molecular formula is C14H20N2O2.